The Morgan fingerprint density at radius 2 is 1.44 bits per heavy atom. The third kappa shape index (κ3) is 7.39. The topological polar surface area (TPSA) is 89.3 Å². The summed E-state index contributed by atoms with van der Waals surface area (Å²) in [4.78, 5) is 10.0. The molecule has 0 saturated carbocycles. The number of aliphatic carboxylic acids is 1. The van der Waals surface area contributed by atoms with Crippen molar-refractivity contribution in [1.29, 1.82) is 0 Å². The summed E-state index contributed by atoms with van der Waals surface area (Å²) in [6.07, 6.45) is 0. The molecule has 0 aliphatic rings. The third-order valence-corrected chi connectivity index (χ3v) is 0.642. The number of carboxylic acid groups (broad SMARTS) is 1. The van der Waals surface area contributed by atoms with Crippen LogP contribution in [0.4, 0.5) is 0 Å². The molecule has 5 N–H and O–H groups in total. The zero-order valence-corrected chi connectivity index (χ0v) is 6.01. The molecule has 0 aliphatic heterocycles. The molecule has 0 aliphatic carbocycles. The van der Waals surface area contributed by atoms with Crippen molar-refractivity contribution in [3.05, 3.63) is 0 Å². The fourth-order valence-corrected chi connectivity index (χ4v) is 0. The molecule has 0 aromatic heterocycles. The van der Waals surface area contributed by atoms with Gasteiger partial charge in [0.2, 0.25) is 0 Å². The molecular weight excluding hydrogens is 120 g/mol. The van der Waals surface area contributed by atoms with Crippen LogP contribution in [0.3, 0.4) is 0 Å². The lowest BCUT2D eigenvalue weighted by molar-refractivity contribution is -0.145. The molecule has 4 nitrogen and oxygen atoms in total. The lowest BCUT2D eigenvalue weighted by Crippen LogP contribution is -2.18. The van der Waals surface area contributed by atoms with Crippen molar-refractivity contribution in [3.63, 3.8) is 0 Å². The first-order chi connectivity index (χ1) is 3.94. The molecule has 0 radical (unpaired) electrons. The Morgan fingerprint density at radius 1 is 1.33 bits per heavy atom. The quantitative estimate of drug-likeness (QED) is 0.319. The fourth-order valence-electron chi connectivity index (χ4n) is 0. The van der Waals surface area contributed by atoms with E-state index >= 15 is 0 Å². The van der Waals surface area contributed by atoms with Crippen LogP contribution in [0.1, 0.15) is 20.8 Å². The summed E-state index contributed by atoms with van der Waals surface area (Å²) in [7, 11) is 0. The van der Waals surface area contributed by atoms with Gasteiger partial charge in [0.05, 0.1) is 5.41 Å². The molecule has 0 aromatic rings. The summed E-state index contributed by atoms with van der Waals surface area (Å²) >= 11 is 0. The summed E-state index contributed by atoms with van der Waals surface area (Å²) in [5.41, 5.74) is -0.583. The van der Waals surface area contributed by atoms with Gasteiger partial charge in [-0.15, -0.1) is 0 Å². The van der Waals surface area contributed by atoms with E-state index in [1.807, 2.05) is 0 Å². The molecule has 0 bridgehead atoms. The summed E-state index contributed by atoms with van der Waals surface area (Å²) < 4.78 is 0. The van der Waals surface area contributed by atoms with Crippen LogP contribution in [0.2, 0.25) is 0 Å². The number of hydrogen-bond acceptors (Lipinski definition) is 3. The van der Waals surface area contributed by atoms with Gasteiger partial charge >= 0.3 is 5.97 Å². The number of hydrogen-bond donors (Lipinski definition) is 3. The van der Waals surface area contributed by atoms with Crippen LogP contribution in [-0.2, 0) is 4.79 Å². The van der Waals surface area contributed by atoms with Gasteiger partial charge in [-0.3, -0.25) is 16.5 Å². The molecule has 0 heterocycles. The highest BCUT2D eigenvalue weighted by Gasteiger charge is 2.18. The van der Waals surface area contributed by atoms with Crippen molar-refractivity contribution >= 4 is 5.97 Å². The molecule has 0 atom stereocenters. The predicted octanol–water partition coefficient (Wildman–Crippen LogP) is -0.0641. The first kappa shape index (κ1) is 11.2. The predicted molar refractivity (Wildman–Crippen MR) is 35.5 cm³/mol. The van der Waals surface area contributed by atoms with Gasteiger partial charge in [0, 0.05) is 0 Å². The van der Waals surface area contributed by atoms with Gasteiger partial charge in [-0.2, -0.15) is 0 Å². The van der Waals surface area contributed by atoms with E-state index in [0.717, 1.165) is 0 Å². The van der Waals surface area contributed by atoms with Gasteiger partial charge in [-0.1, -0.05) is 0 Å². The van der Waals surface area contributed by atoms with Gasteiger partial charge in [-0.05, 0) is 20.8 Å². The number of carboxylic acids is 1. The van der Waals surface area contributed by atoms with Gasteiger partial charge < -0.3 is 5.11 Å². The standard InChI is InChI=1S/C5H10O2.H4N2/c1-5(2,3)4(6)7;1-2/h1-3H3,(H,6,7);1-2H2. The number of nitrogens with two attached hydrogens (primary N) is 2. The highest BCUT2D eigenvalue weighted by Crippen LogP contribution is 2.11. The smallest absolute Gasteiger partial charge is 0.308 e. The van der Waals surface area contributed by atoms with E-state index in [1.54, 1.807) is 20.8 Å². The van der Waals surface area contributed by atoms with Crippen molar-refractivity contribution in [1.82, 2.24) is 0 Å². The van der Waals surface area contributed by atoms with Gasteiger partial charge in [0.15, 0.2) is 0 Å². The minimum atomic E-state index is -0.757. The van der Waals surface area contributed by atoms with Crippen LogP contribution in [0.5, 0.6) is 0 Å². The molecule has 0 rings (SSSR count). The highest BCUT2D eigenvalue weighted by atomic mass is 16.4. The van der Waals surface area contributed by atoms with Crippen LogP contribution in [0.25, 0.3) is 0 Å². The Hall–Kier alpha value is -0.610. The zero-order chi connectivity index (χ0) is 8.08. The molecular formula is C5H14N2O2. The average Bonchev–Trinajstić information content (AvgIpc) is 1.69. The molecule has 0 amide bonds. The first-order valence-corrected chi connectivity index (χ1v) is 2.51. The van der Waals surface area contributed by atoms with Crippen molar-refractivity contribution in [2.75, 3.05) is 0 Å². The largest absolute Gasteiger partial charge is 0.481 e. The molecule has 0 aromatic carbocycles. The normalized spacial score (nSPS) is 9.44. The van der Waals surface area contributed by atoms with E-state index in [1.165, 1.54) is 0 Å². The summed E-state index contributed by atoms with van der Waals surface area (Å²) in [5, 5.41) is 8.25. The first-order valence-electron chi connectivity index (χ1n) is 2.51. The van der Waals surface area contributed by atoms with E-state index in [2.05, 4.69) is 11.7 Å². The molecule has 0 spiro atoms. The molecule has 4 heteroatoms. The van der Waals surface area contributed by atoms with Gasteiger partial charge in [0.25, 0.3) is 0 Å². The van der Waals surface area contributed by atoms with Crippen molar-refractivity contribution in [3.8, 4) is 0 Å². The summed E-state index contributed by atoms with van der Waals surface area (Å²) in [6, 6.07) is 0. The lowest BCUT2D eigenvalue weighted by Gasteiger charge is -2.08. The summed E-state index contributed by atoms with van der Waals surface area (Å²) in [6.45, 7) is 4.99. The Labute approximate surface area is 54.8 Å². The van der Waals surface area contributed by atoms with E-state index in [4.69, 9.17) is 5.11 Å². The minimum Gasteiger partial charge on any atom is -0.481 e. The maximum atomic E-state index is 10.0. The lowest BCUT2D eigenvalue weighted by atomic mass is 9.98. The van der Waals surface area contributed by atoms with Gasteiger partial charge in [-0.25, -0.2) is 0 Å². The Kier molecular flexibility index (Phi) is 5.34. The maximum absolute atomic E-state index is 10.0. The number of hydrazine groups is 1. The molecule has 9 heavy (non-hydrogen) atoms. The monoisotopic (exact) mass is 134 g/mol. The Morgan fingerprint density at radius 3 is 1.44 bits per heavy atom. The van der Waals surface area contributed by atoms with Crippen molar-refractivity contribution in [2.45, 2.75) is 20.8 Å². The Bertz CT molecular complexity index is 85.4. The number of rotatable bonds is 0. The zero-order valence-electron chi connectivity index (χ0n) is 6.01. The van der Waals surface area contributed by atoms with E-state index in [-0.39, 0.29) is 0 Å². The van der Waals surface area contributed by atoms with Crippen LogP contribution >= 0.6 is 0 Å². The van der Waals surface area contributed by atoms with Crippen molar-refractivity contribution < 1.29 is 9.90 Å². The second-order valence-corrected chi connectivity index (χ2v) is 2.56. The van der Waals surface area contributed by atoms with Crippen LogP contribution in [0.15, 0.2) is 0 Å². The average molecular weight is 134 g/mol. The molecule has 0 fully saturated rings. The van der Waals surface area contributed by atoms with Crippen molar-refractivity contribution in [2.24, 2.45) is 17.1 Å². The summed E-state index contributed by atoms with van der Waals surface area (Å²) in [5.74, 6) is 7.24. The second kappa shape index (κ2) is 4.29. The van der Waals surface area contributed by atoms with E-state index < -0.39 is 11.4 Å². The fraction of sp³-hybridized carbons (Fsp3) is 0.800. The second-order valence-electron chi connectivity index (χ2n) is 2.56. The molecule has 56 valence electrons. The SMILES string of the molecule is CC(C)(C)C(=O)O.NN. The number of carbonyl (C=O) groups is 1. The van der Waals surface area contributed by atoms with Crippen LogP contribution < -0.4 is 11.7 Å². The maximum Gasteiger partial charge on any atom is 0.308 e. The van der Waals surface area contributed by atoms with Crippen LogP contribution in [0, 0.1) is 5.41 Å². The molecule has 0 saturated heterocycles. The molecule has 0 unspecified atom stereocenters. The minimum absolute atomic E-state index is 0.583. The van der Waals surface area contributed by atoms with Crippen LogP contribution in [-0.4, -0.2) is 11.1 Å². The highest BCUT2D eigenvalue weighted by molar-refractivity contribution is 5.72. The van der Waals surface area contributed by atoms with Gasteiger partial charge in [0.1, 0.15) is 0 Å². The van der Waals surface area contributed by atoms with E-state index in [0.29, 0.717) is 0 Å². The third-order valence-electron chi connectivity index (χ3n) is 0.642. The van der Waals surface area contributed by atoms with E-state index in [9.17, 15) is 4.79 Å². The Balaban J connectivity index is 0.